The normalized spacial score (nSPS) is 11.1. The lowest BCUT2D eigenvalue weighted by molar-refractivity contribution is -0.113. The first-order valence-electron chi connectivity index (χ1n) is 6.24. The average Bonchev–Trinajstić information content (AvgIpc) is 2.41. The summed E-state index contributed by atoms with van der Waals surface area (Å²) in [5, 5.41) is 3.08. The zero-order valence-corrected chi connectivity index (χ0v) is 12.7. The SMILES string of the molecule is O=C(CS(=O)(=O)Cc1ccccc1)Nc1ccc(Cl)cc1. The van der Waals surface area contributed by atoms with Crippen LogP contribution >= 0.6 is 11.6 Å². The van der Waals surface area contributed by atoms with Gasteiger partial charge in [0, 0.05) is 10.7 Å². The molecule has 0 bridgehead atoms. The van der Waals surface area contributed by atoms with E-state index in [2.05, 4.69) is 5.32 Å². The third-order valence-electron chi connectivity index (χ3n) is 2.71. The number of anilines is 1. The lowest BCUT2D eigenvalue weighted by Gasteiger charge is -2.06. The first kappa shape index (κ1) is 15.5. The van der Waals surface area contributed by atoms with Crippen LogP contribution in [0.2, 0.25) is 5.02 Å². The minimum Gasteiger partial charge on any atom is -0.325 e. The highest BCUT2D eigenvalue weighted by atomic mass is 35.5. The Kier molecular flexibility index (Phi) is 4.98. The number of amides is 1. The number of hydrogen-bond donors (Lipinski definition) is 1. The van der Waals surface area contributed by atoms with Gasteiger partial charge in [0.25, 0.3) is 0 Å². The van der Waals surface area contributed by atoms with Gasteiger partial charge in [0.1, 0.15) is 5.75 Å². The van der Waals surface area contributed by atoms with Crippen molar-refractivity contribution in [3.8, 4) is 0 Å². The fourth-order valence-corrected chi connectivity index (χ4v) is 3.21. The molecule has 0 unspecified atom stereocenters. The van der Waals surface area contributed by atoms with Crippen LogP contribution in [0.25, 0.3) is 0 Å². The van der Waals surface area contributed by atoms with Gasteiger partial charge in [-0.3, -0.25) is 4.79 Å². The van der Waals surface area contributed by atoms with Crippen molar-refractivity contribution in [3.63, 3.8) is 0 Å². The molecule has 0 saturated carbocycles. The Morgan fingerprint density at radius 1 is 1.00 bits per heavy atom. The summed E-state index contributed by atoms with van der Waals surface area (Å²) in [6.45, 7) is 0. The van der Waals surface area contributed by atoms with Crippen LogP contribution in [0.5, 0.6) is 0 Å². The number of halogens is 1. The molecule has 110 valence electrons. The zero-order chi connectivity index (χ0) is 15.3. The monoisotopic (exact) mass is 323 g/mol. The van der Waals surface area contributed by atoms with Crippen molar-refractivity contribution in [2.75, 3.05) is 11.1 Å². The highest BCUT2D eigenvalue weighted by Crippen LogP contribution is 2.14. The molecule has 21 heavy (non-hydrogen) atoms. The van der Waals surface area contributed by atoms with Crippen LogP contribution in [0.4, 0.5) is 5.69 Å². The molecule has 0 aliphatic carbocycles. The molecule has 0 fully saturated rings. The van der Waals surface area contributed by atoms with Gasteiger partial charge in [-0.2, -0.15) is 0 Å². The van der Waals surface area contributed by atoms with Gasteiger partial charge in [0.05, 0.1) is 5.75 Å². The Balaban J connectivity index is 1.96. The standard InChI is InChI=1S/C15H14ClNO3S/c16-13-6-8-14(9-7-13)17-15(18)11-21(19,20)10-12-4-2-1-3-5-12/h1-9H,10-11H2,(H,17,18). The quantitative estimate of drug-likeness (QED) is 0.920. The molecule has 2 aromatic carbocycles. The van der Waals surface area contributed by atoms with Crippen LogP contribution in [0, 0.1) is 0 Å². The van der Waals surface area contributed by atoms with E-state index in [9.17, 15) is 13.2 Å². The number of hydrogen-bond acceptors (Lipinski definition) is 3. The third kappa shape index (κ3) is 5.21. The molecule has 2 rings (SSSR count). The van der Waals surface area contributed by atoms with Gasteiger partial charge in [-0.25, -0.2) is 8.42 Å². The second kappa shape index (κ2) is 6.74. The van der Waals surface area contributed by atoms with Crippen LogP contribution in [-0.2, 0) is 20.4 Å². The van der Waals surface area contributed by atoms with Crippen LogP contribution in [0.1, 0.15) is 5.56 Å². The molecule has 0 spiro atoms. The molecule has 4 nitrogen and oxygen atoms in total. The molecule has 0 heterocycles. The number of sulfone groups is 1. The summed E-state index contributed by atoms with van der Waals surface area (Å²) in [5.41, 5.74) is 1.18. The molecule has 0 aromatic heterocycles. The Morgan fingerprint density at radius 3 is 2.24 bits per heavy atom. The van der Waals surface area contributed by atoms with Crippen molar-refractivity contribution in [1.29, 1.82) is 0 Å². The molecular weight excluding hydrogens is 310 g/mol. The summed E-state index contributed by atoms with van der Waals surface area (Å²) in [4.78, 5) is 11.8. The van der Waals surface area contributed by atoms with E-state index in [0.29, 0.717) is 16.3 Å². The minimum atomic E-state index is -3.50. The summed E-state index contributed by atoms with van der Waals surface area (Å²) in [6.07, 6.45) is 0. The van der Waals surface area contributed by atoms with E-state index in [-0.39, 0.29) is 5.75 Å². The highest BCUT2D eigenvalue weighted by Gasteiger charge is 2.17. The van der Waals surface area contributed by atoms with E-state index in [1.807, 2.05) is 6.07 Å². The van der Waals surface area contributed by atoms with Gasteiger partial charge in [-0.05, 0) is 29.8 Å². The second-order valence-corrected chi connectivity index (χ2v) is 7.07. The molecule has 1 amide bonds. The molecular formula is C15H14ClNO3S. The second-order valence-electron chi connectivity index (χ2n) is 4.57. The van der Waals surface area contributed by atoms with E-state index in [1.165, 1.54) is 0 Å². The van der Waals surface area contributed by atoms with Crippen LogP contribution in [0.3, 0.4) is 0 Å². The molecule has 6 heteroatoms. The molecule has 0 aliphatic heterocycles. The molecule has 0 radical (unpaired) electrons. The summed E-state index contributed by atoms with van der Waals surface area (Å²) < 4.78 is 23.9. The van der Waals surface area contributed by atoms with Gasteiger partial charge in [-0.15, -0.1) is 0 Å². The summed E-state index contributed by atoms with van der Waals surface area (Å²) in [6, 6.07) is 15.2. The van der Waals surface area contributed by atoms with Crippen molar-refractivity contribution in [1.82, 2.24) is 0 Å². The number of carbonyl (C=O) groups is 1. The van der Waals surface area contributed by atoms with Gasteiger partial charge in [-0.1, -0.05) is 41.9 Å². The first-order chi connectivity index (χ1) is 9.94. The van der Waals surface area contributed by atoms with Gasteiger partial charge in [0.2, 0.25) is 5.91 Å². The van der Waals surface area contributed by atoms with Crippen LogP contribution < -0.4 is 5.32 Å². The van der Waals surface area contributed by atoms with Crippen molar-refractivity contribution in [2.45, 2.75) is 5.75 Å². The number of rotatable bonds is 5. The minimum absolute atomic E-state index is 0.151. The van der Waals surface area contributed by atoms with E-state index in [4.69, 9.17) is 11.6 Å². The Labute approximate surface area is 128 Å². The van der Waals surface area contributed by atoms with E-state index in [0.717, 1.165) is 0 Å². The third-order valence-corrected chi connectivity index (χ3v) is 4.44. The lowest BCUT2D eigenvalue weighted by Crippen LogP contribution is -2.23. The van der Waals surface area contributed by atoms with Crippen molar-refractivity contribution in [3.05, 3.63) is 65.2 Å². The van der Waals surface area contributed by atoms with Crippen molar-refractivity contribution >= 4 is 33.0 Å². The summed E-state index contributed by atoms with van der Waals surface area (Å²) in [7, 11) is -3.50. The average molecular weight is 324 g/mol. The number of nitrogens with one attached hydrogen (secondary N) is 1. The summed E-state index contributed by atoms with van der Waals surface area (Å²) in [5.74, 6) is -1.26. The number of benzene rings is 2. The molecule has 2 aromatic rings. The maximum absolute atomic E-state index is 12.0. The molecule has 0 saturated heterocycles. The van der Waals surface area contributed by atoms with E-state index >= 15 is 0 Å². The Morgan fingerprint density at radius 2 is 1.62 bits per heavy atom. The fourth-order valence-electron chi connectivity index (χ4n) is 1.81. The maximum atomic E-state index is 12.0. The van der Waals surface area contributed by atoms with Crippen molar-refractivity contribution in [2.24, 2.45) is 0 Å². The van der Waals surface area contributed by atoms with Crippen LogP contribution in [-0.4, -0.2) is 20.1 Å². The molecule has 0 aliphatic rings. The first-order valence-corrected chi connectivity index (χ1v) is 8.44. The maximum Gasteiger partial charge on any atom is 0.239 e. The molecule has 0 atom stereocenters. The predicted octanol–water partition coefficient (Wildman–Crippen LogP) is 2.89. The molecule has 1 N–H and O–H groups in total. The lowest BCUT2D eigenvalue weighted by atomic mass is 10.2. The van der Waals surface area contributed by atoms with Crippen LogP contribution in [0.15, 0.2) is 54.6 Å². The topological polar surface area (TPSA) is 63.2 Å². The van der Waals surface area contributed by atoms with Crippen molar-refractivity contribution < 1.29 is 13.2 Å². The van der Waals surface area contributed by atoms with Gasteiger partial charge in [0.15, 0.2) is 9.84 Å². The fraction of sp³-hybridized carbons (Fsp3) is 0.133. The zero-order valence-electron chi connectivity index (χ0n) is 11.1. The van der Waals surface area contributed by atoms with Gasteiger partial charge < -0.3 is 5.32 Å². The van der Waals surface area contributed by atoms with E-state index < -0.39 is 21.5 Å². The predicted molar refractivity (Wildman–Crippen MR) is 84.0 cm³/mol. The Bertz CT molecular complexity index is 712. The number of carbonyl (C=O) groups excluding carboxylic acids is 1. The summed E-state index contributed by atoms with van der Waals surface area (Å²) >= 11 is 5.74. The Hall–Kier alpha value is -1.85. The highest BCUT2D eigenvalue weighted by molar-refractivity contribution is 7.91. The van der Waals surface area contributed by atoms with E-state index in [1.54, 1.807) is 48.5 Å². The smallest absolute Gasteiger partial charge is 0.239 e. The largest absolute Gasteiger partial charge is 0.325 e. The van der Waals surface area contributed by atoms with Gasteiger partial charge >= 0.3 is 0 Å².